The Morgan fingerprint density at radius 1 is 1.29 bits per heavy atom. The molecule has 0 fully saturated rings. The van der Waals surface area contributed by atoms with E-state index < -0.39 is 0 Å². The fraction of sp³-hybridized carbons (Fsp3) is 0.167. The largest absolute Gasteiger partial charge is 0.366 e. The third-order valence-electron chi connectivity index (χ3n) is 2.17. The first-order valence-corrected chi connectivity index (χ1v) is 6.30. The molecule has 0 bridgehead atoms. The van der Waals surface area contributed by atoms with Gasteiger partial charge in [-0.05, 0) is 24.6 Å². The van der Waals surface area contributed by atoms with Crippen LogP contribution in [0.15, 0.2) is 34.8 Å². The number of benzene rings is 1. The van der Waals surface area contributed by atoms with Crippen LogP contribution in [0.5, 0.6) is 0 Å². The van der Waals surface area contributed by atoms with Crippen molar-refractivity contribution in [3.05, 3.63) is 51.3 Å². The lowest BCUT2D eigenvalue weighted by Crippen LogP contribution is -2.03. The van der Waals surface area contributed by atoms with Gasteiger partial charge in [-0.1, -0.05) is 39.7 Å². The number of nitrogens with one attached hydrogen (secondary N) is 1. The van der Waals surface area contributed by atoms with E-state index >= 15 is 0 Å². The number of aryl methyl sites for hydroxylation is 1. The molecule has 0 spiro atoms. The Kier molecular flexibility index (Phi) is 3.97. The molecule has 17 heavy (non-hydrogen) atoms. The van der Waals surface area contributed by atoms with Gasteiger partial charge < -0.3 is 5.32 Å². The highest BCUT2D eigenvalue weighted by Gasteiger charge is 2.00. The summed E-state index contributed by atoms with van der Waals surface area (Å²) in [7, 11) is 0. The molecule has 1 heterocycles. The molecular formula is C12H11BrClN3. The van der Waals surface area contributed by atoms with E-state index in [1.54, 1.807) is 6.07 Å². The van der Waals surface area contributed by atoms with Crippen LogP contribution in [0.1, 0.15) is 11.4 Å². The maximum atomic E-state index is 5.86. The highest BCUT2D eigenvalue weighted by molar-refractivity contribution is 9.10. The van der Waals surface area contributed by atoms with Gasteiger partial charge in [0, 0.05) is 17.1 Å². The van der Waals surface area contributed by atoms with E-state index in [1.807, 2.05) is 25.1 Å². The van der Waals surface area contributed by atoms with Crippen molar-refractivity contribution in [3.63, 3.8) is 0 Å². The number of hydrogen-bond acceptors (Lipinski definition) is 3. The lowest BCUT2D eigenvalue weighted by molar-refractivity contribution is 1.02. The van der Waals surface area contributed by atoms with E-state index in [9.17, 15) is 0 Å². The number of anilines is 1. The maximum absolute atomic E-state index is 5.86. The van der Waals surface area contributed by atoms with Crippen molar-refractivity contribution in [3.8, 4) is 0 Å². The zero-order valence-corrected chi connectivity index (χ0v) is 11.6. The highest BCUT2D eigenvalue weighted by atomic mass is 79.9. The Balaban J connectivity index is 2.07. The quantitative estimate of drug-likeness (QED) is 0.876. The summed E-state index contributed by atoms with van der Waals surface area (Å²) in [5.74, 6) is 1.40. The third kappa shape index (κ3) is 3.68. The number of rotatable bonds is 3. The summed E-state index contributed by atoms with van der Waals surface area (Å²) in [6, 6.07) is 9.82. The van der Waals surface area contributed by atoms with E-state index in [0.717, 1.165) is 10.3 Å². The Labute approximate surface area is 113 Å². The minimum atomic E-state index is 0.453. The predicted molar refractivity (Wildman–Crippen MR) is 73.2 cm³/mol. The Bertz CT molecular complexity index is 511. The molecular weight excluding hydrogens is 302 g/mol. The lowest BCUT2D eigenvalue weighted by atomic mass is 10.2. The minimum Gasteiger partial charge on any atom is -0.366 e. The van der Waals surface area contributed by atoms with Gasteiger partial charge in [-0.15, -0.1) is 0 Å². The highest BCUT2D eigenvalue weighted by Crippen LogP contribution is 2.15. The first-order chi connectivity index (χ1) is 8.13. The Morgan fingerprint density at radius 2 is 2.12 bits per heavy atom. The molecule has 0 aliphatic rings. The molecule has 0 unspecified atom stereocenters. The fourth-order valence-corrected chi connectivity index (χ4v) is 2.13. The number of aromatic nitrogens is 2. The van der Waals surface area contributed by atoms with Crippen molar-refractivity contribution in [2.24, 2.45) is 0 Å². The van der Waals surface area contributed by atoms with Crippen molar-refractivity contribution in [2.75, 3.05) is 5.32 Å². The van der Waals surface area contributed by atoms with Gasteiger partial charge in [0.2, 0.25) is 0 Å². The molecule has 5 heteroatoms. The Hall–Kier alpha value is -1.13. The fourth-order valence-electron chi connectivity index (χ4n) is 1.46. The van der Waals surface area contributed by atoms with E-state index in [0.29, 0.717) is 17.5 Å². The number of halogens is 2. The second-order valence-electron chi connectivity index (χ2n) is 3.61. The standard InChI is InChI=1S/C12H11BrClN3/c1-8-16-11(14)6-12(17-8)15-7-9-3-2-4-10(13)5-9/h2-6H,7H2,1H3,(H,15,16,17). The first-order valence-electron chi connectivity index (χ1n) is 5.13. The molecule has 0 aliphatic heterocycles. The average Bonchev–Trinajstić information content (AvgIpc) is 2.25. The third-order valence-corrected chi connectivity index (χ3v) is 2.86. The van der Waals surface area contributed by atoms with Gasteiger partial charge in [0.05, 0.1) is 0 Å². The van der Waals surface area contributed by atoms with Crippen molar-refractivity contribution in [1.82, 2.24) is 9.97 Å². The summed E-state index contributed by atoms with van der Waals surface area (Å²) in [6.07, 6.45) is 0. The molecule has 0 saturated carbocycles. The molecule has 88 valence electrons. The maximum Gasteiger partial charge on any atom is 0.134 e. The zero-order valence-electron chi connectivity index (χ0n) is 9.24. The van der Waals surface area contributed by atoms with Crippen LogP contribution in [0.25, 0.3) is 0 Å². The van der Waals surface area contributed by atoms with Gasteiger partial charge in [0.1, 0.15) is 16.8 Å². The molecule has 1 N–H and O–H groups in total. The monoisotopic (exact) mass is 311 g/mol. The molecule has 0 amide bonds. The van der Waals surface area contributed by atoms with Gasteiger partial charge in [-0.3, -0.25) is 0 Å². The number of nitrogens with zero attached hydrogens (tertiary/aromatic N) is 2. The second-order valence-corrected chi connectivity index (χ2v) is 4.91. The van der Waals surface area contributed by atoms with Crippen LogP contribution < -0.4 is 5.32 Å². The van der Waals surface area contributed by atoms with Crippen molar-refractivity contribution in [2.45, 2.75) is 13.5 Å². The normalized spacial score (nSPS) is 10.3. The molecule has 3 nitrogen and oxygen atoms in total. The van der Waals surface area contributed by atoms with Crippen LogP contribution in [-0.2, 0) is 6.54 Å². The summed E-state index contributed by atoms with van der Waals surface area (Å²) >= 11 is 9.30. The minimum absolute atomic E-state index is 0.453. The predicted octanol–water partition coefficient (Wildman–Crippen LogP) is 3.81. The van der Waals surface area contributed by atoms with Crippen LogP contribution in [-0.4, -0.2) is 9.97 Å². The molecule has 2 rings (SSSR count). The summed E-state index contributed by atoms with van der Waals surface area (Å²) < 4.78 is 1.06. The van der Waals surface area contributed by atoms with Crippen LogP contribution >= 0.6 is 27.5 Å². The van der Waals surface area contributed by atoms with E-state index in [4.69, 9.17) is 11.6 Å². The van der Waals surface area contributed by atoms with Crippen LogP contribution in [0, 0.1) is 6.92 Å². The van der Waals surface area contributed by atoms with E-state index in [-0.39, 0.29) is 0 Å². The molecule has 0 saturated heterocycles. The first kappa shape index (κ1) is 12.3. The van der Waals surface area contributed by atoms with E-state index in [2.05, 4.69) is 37.3 Å². The molecule has 2 aromatic rings. The summed E-state index contributed by atoms with van der Waals surface area (Å²) in [5.41, 5.74) is 1.17. The van der Waals surface area contributed by atoms with Crippen LogP contribution in [0.2, 0.25) is 5.15 Å². The lowest BCUT2D eigenvalue weighted by Gasteiger charge is -2.07. The van der Waals surface area contributed by atoms with Crippen molar-refractivity contribution < 1.29 is 0 Å². The van der Waals surface area contributed by atoms with Crippen molar-refractivity contribution in [1.29, 1.82) is 0 Å². The second kappa shape index (κ2) is 5.47. The number of hydrogen-bond donors (Lipinski definition) is 1. The summed E-state index contributed by atoms with van der Waals surface area (Å²) in [6.45, 7) is 2.52. The van der Waals surface area contributed by atoms with Gasteiger partial charge in [-0.25, -0.2) is 9.97 Å². The summed E-state index contributed by atoms with van der Waals surface area (Å²) in [5, 5.41) is 3.67. The smallest absolute Gasteiger partial charge is 0.134 e. The molecule has 0 aliphatic carbocycles. The zero-order chi connectivity index (χ0) is 12.3. The SMILES string of the molecule is Cc1nc(Cl)cc(NCc2cccc(Br)c2)n1. The van der Waals surface area contributed by atoms with Crippen LogP contribution in [0.3, 0.4) is 0 Å². The van der Waals surface area contributed by atoms with Gasteiger partial charge in [0.15, 0.2) is 0 Å². The van der Waals surface area contributed by atoms with Gasteiger partial charge in [0.25, 0.3) is 0 Å². The summed E-state index contributed by atoms with van der Waals surface area (Å²) in [4.78, 5) is 8.26. The topological polar surface area (TPSA) is 37.8 Å². The van der Waals surface area contributed by atoms with Gasteiger partial charge in [-0.2, -0.15) is 0 Å². The Morgan fingerprint density at radius 3 is 2.82 bits per heavy atom. The average molecular weight is 313 g/mol. The van der Waals surface area contributed by atoms with E-state index in [1.165, 1.54) is 5.56 Å². The molecule has 1 aromatic carbocycles. The molecule has 0 radical (unpaired) electrons. The molecule has 0 atom stereocenters. The van der Waals surface area contributed by atoms with Gasteiger partial charge >= 0.3 is 0 Å². The van der Waals surface area contributed by atoms with Crippen LogP contribution in [0.4, 0.5) is 5.82 Å². The van der Waals surface area contributed by atoms with Crippen molar-refractivity contribution >= 4 is 33.3 Å². The molecule has 1 aromatic heterocycles.